The molecule has 0 fully saturated rings. The first-order valence-electron chi connectivity index (χ1n) is 6.06. The van der Waals surface area contributed by atoms with Crippen LogP contribution in [0, 0.1) is 12.7 Å². The largest absolute Gasteiger partial charge is 0.335 e. The summed E-state index contributed by atoms with van der Waals surface area (Å²) in [6.07, 6.45) is 0.864. The van der Waals surface area contributed by atoms with Crippen LogP contribution in [0.5, 0.6) is 0 Å². The van der Waals surface area contributed by atoms with Crippen LogP contribution in [-0.2, 0) is 13.5 Å². The number of benzene rings is 1. The number of nitrogens with one attached hydrogen (secondary N) is 1. The normalized spacial score (nSPS) is 10.9. The fraction of sp³-hybridized carbons (Fsp3) is 0.357. The molecular formula is C14H18FN3. The van der Waals surface area contributed by atoms with E-state index >= 15 is 0 Å². The van der Waals surface area contributed by atoms with Crippen molar-refractivity contribution in [1.29, 1.82) is 0 Å². The summed E-state index contributed by atoms with van der Waals surface area (Å²) in [7, 11) is 3.92. The van der Waals surface area contributed by atoms with E-state index in [2.05, 4.69) is 14.9 Å². The van der Waals surface area contributed by atoms with Crippen LogP contribution in [0.4, 0.5) is 4.39 Å². The molecule has 0 bridgehead atoms. The van der Waals surface area contributed by atoms with Crippen LogP contribution >= 0.6 is 0 Å². The van der Waals surface area contributed by atoms with Crippen molar-refractivity contribution in [3.8, 4) is 11.3 Å². The van der Waals surface area contributed by atoms with Crippen LogP contribution in [0.25, 0.3) is 11.3 Å². The van der Waals surface area contributed by atoms with Crippen LogP contribution in [0.15, 0.2) is 24.3 Å². The lowest BCUT2D eigenvalue weighted by Gasteiger charge is -2.02. The summed E-state index contributed by atoms with van der Waals surface area (Å²) in [6, 6.07) is 6.58. The Hall–Kier alpha value is -1.68. The number of aromatic nitrogens is 2. The zero-order chi connectivity index (χ0) is 13.1. The quantitative estimate of drug-likeness (QED) is 0.898. The molecule has 4 heteroatoms. The second-order valence-electron chi connectivity index (χ2n) is 4.38. The molecule has 1 aromatic carbocycles. The number of hydrogen-bond acceptors (Lipinski definition) is 2. The van der Waals surface area contributed by atoms with E-state index in [0.29, 0.717) is 0 Å². The van der Waals surface area contributed by atoms with Crippen molar-refractivity contribution in [3.63, 3.8) is 0 Å². The fourth-order valence-electron chi connectivity index (χ4n) is 2.01. The highest BCUT2D eigenvalue weighted by atomic mass is 19.1. The molecule has 1 heterocycles. The van der Waals surface area contributed by atoms with Crippen molar-refractivity contribution in [2.75, 3.05) is 13.6 Å². The highest BCUT2D eigenvalue weighted by molar-refractivity contribution is 5.62. The van der Waals surface area contributed by atoms with E-state index in [0.717, 1.165) is 35.7 Å². The smallest absolute Gasteiger partial charge is 0.123 e. The second kappa shape index (κ2) is 5.31. The minimum Gasteiger partial charge on any atom is -0.335 e. The maximum absolute atomic E-state index is 13.2. The lowest BCUT2D eigenvalue weighted by Crippen LogP contribution is -2.13. The molecule has 3 nitrogen and oxygen atoms in total. The van der Waals surface area contributed by atoms with E-state index in [1.54, 1.807) is 6.07 Å². The lowest BCUT2D eigenvalue weighted by atomic mass is 10.1. The Morgan fingerprint density at radius 2 is 2.17 bits per heavy atom. The Bertz CT molecular complexity index is 546. The predicted molar refractivity (Wildman–Crippen MR) is 71.0 cm³/mol. The molecule has 96 valence electrons. The maximum atomic E-state index is 13.2. The number of hydrogen-bond donors (Lipinski definition) is 1. The monoisotopic (exact) mass is 247 g/mol. The van der Waals surface area contributed by atoms with Gasteiger partial charge in [0, 0.05) is 31.3 Å². The van der Waals surface area contributed by atoms with Gasteiger partial charge in [0.2, 0.25) is 0 Å². The van der Waals surface area contributed by atoms with Crippen LogP contribution in [0.1, 0.15) is 11.5 Å². The third-order valence-corrected chi connectivity index (χ3v) is 3.17. The third-order valence-electron chi connectivity index (χ3n) is 3.17. The maximum Gasteiger partial charge on any atom is 0.123 e. The van der Waals surface area contributed by atoms with Gasteiger partial charge in [-0.1, -0.05) is 12.1 Å². The number of halogens is 1. The molecule has 0 spiro atoms. The number of imidazole rings is 1. The molecule has 1 N–H and O–H groups in total. The molecule has 0 radical (unpaired) electrons. The average Bonchev–Trinajstić information content (AvgIpc) is 2.64. The van der Waals surface area contributed by atoms with Gasteiger partial charge in [0.25, 0.3) is 0 Å². The van der Waals surface area contributed by atoms with Crippen LogP contribution in [-0.4, -0.2) is 23.1 Å². The molecule has 0 saturated carbocycles. The Morgan fingerprint density at radius 1 is 1.39 bits per heavy atom. The van der Waals surface area contributed by atoms with E-state index in [1.165, 1.54) is 12.1 Å². The molecule has 0 aliphatic rings. The molecule has 18 heavy (non-hydrogen) atoms. The molecule has 0 saturated heterocycles. The number of nitrogens with zero attached hydrogens (tertiary/aromatic N) is 2. The van der Waals surface area contributed by atoms with Crippen LogP contribution < -0.4 is 5.32 Å². The molecule has 0 aliphatic heterocycles. The van der Waals surface area contributed by atoms with Gasteiger partial charge in [-0.15, -0.1) is 0 Å². The Labute approximate surface area is 107 Å². The van der Waals surface area contributed by atoms with Gasteiger partial charge in [-0.3, -0.25) is 0 Å². The summed E-state index contributed by atoms with van der Waals surface area (Å²) in [6.45, 7) is 2.89. The molecule has 0 atom stereocenters. The van der Waals surface area contributed by atoms with Crippen molar-refractivity contribution in [3.05, 3.63) is 41.6 Å². The second-order valence-corrected chi connectivity index (χ2v) is 4.38. The van der Waals surface area contributed by atoms with Gasteiger partial charge >= 0.3 is 0 Å². The van der Waals surface area contributed by atoms with Crippen molar-refractivity contribution < 1.29 is 4.39 Å². The van der Waals surface area contributed by atoms with Crippen molar-refractivity contribution in [2.24, 2.45) is 7.05 Å². The van der Waals surface area contributed by atoms with E-state index in [9.17, 15) is 4.39 Å². The summed E-state index contributed by atoms with van der Waals surface area (Å²) in [5, 5.41) is 3.11. The van der Waals surface area contributed by atoms with Gasteiger partial charge in [0.1, 0.15) is 11.6 Å². The van der Waals surface area contributed by atoms with Crippen LogP contribution in [0.3, 0.4) is 0 Å². The topological polar surface area (TPSA) is 29.9 Å². The summed E-state index contributed by atoms with van der Waals surface area (Å²) in [5.41, 5.74) is 2.76. The van der Waals surface area contributed by atoms with Gasteiger partial charge in [0.05, 0.1) is 5.69 Å². The van der Waals surface area contributed by atoms with Crippen molar-refractivity contribution in [2.45, 2.75) is 13.3 Å². The van der Waals surface area contributed by atoms with Gasteiger partial charge in [0.15, 0.2) is 0 Å². The molecule has 0 amide bonds. The van der Waals surface area contributed by atoms with Crippen LogP contribution in [0.2, 0.25) is 0 Å². The van der Waals surface area contributed by atoms with E-state index < -0.39 is 0 Å². The molecule has 0 unspecified atom stereocenters. The minimum atomic E-state index is -0.227. The van der Waals surface area contributed by atoms with Gasteiger partial charge in [-0.05, 0) is 26.1 Å². The van der Waals surface area contributed by atoms with Gasteiger partial charge in [-0.2, -0.15) is 0 Å². The fourth-order valence-corrected chi connectivity index (χ4v) is 2.01. The highest BCUT2D eigenvalue weighted by Crippen LogP contribution is 2.23. The zero-order valence-electron chi connectivity index (χ0n) is 11.0. The minimum absolute atomic E-state index is 0.227. The van der Waals surface area contributed by atoms with Gasteiger partial charge in [-0.25, -0.2) is 9.37 Å². The number of rotatable bonds is 4. The van der Waals surface area contributed by atoms with Crippen molar-refractivity contribution in [1.82, 2.24) is 14.9 Å². The van der Waals surface area contributed by atoms with Crippen molar-refractivity contribution >= 4 is 0 Å². The lowest BCUT2D eigenvalue weighted by molar-refractivity contribution is 0.628. The molecule has 1 aromatic heterocycles. The Balaban J connectivity index is 2.39. The Morgan fingerprint density at radius 3 is 2.83 bits per heavy atom. The highest BCUT2D eigenvalue weighted by Gasteiger charge is 2.12. The first-order chi connectivity index (χ1) is 8.63. The summed E-state index contributed by atoms with van der Waals surface area (Å²) in [4.78, 5) is 4.61. The zero-order valence-corrected chi connectivity index (χ0v) is 11.0. The van der Waals surface area contributed by atoms with E-state index in [4.69, 9.17) is 0 Å². The van der Waals surface area contributed by atoms with E-state index in [-0.39, 0.29) is 5.82 Å². The summed E-state index contributed by atoms with van der Waals surface area (Å²) in [5.74, 6) is 0.787. The first-order valence-corrected chi connectivity index (χ1v) is 6.06. The number of likely N-dealkylation sites (N-methyl/N-ethyl adjacent to an activating group) is 1. The molecular weight excluding hydrogens is 229 g/mol. The predicted octanol–water partition coefficient (Wildman–Crippen LogP) is 2.30. The average molecular weight is 247 g/mol. The third kappa shape index (κ3) is 2.43. The van der Waals surface area contributed by atoms with Gasteiger partial charge < -0.3 is 9.88 Å². The standard InChI is InChI=1S/C14H18FN3/c1-10-14(11-5-4-6-12(15)9-11)17-13(18(10)3)7-8-16-2/h4-6,9,16H,7-8H2,1-3H3. The first kappa shape index (κ1) is 12.8. The molecule has 2 rings (SSSR count). The molecule has 0 aliphatic carbocycles. The SMILES string of the molecule is CNCCc1nc(-c2cccc(F)c2)c(C)n1C. The summed E-state index contributed by atoms with van der Waals surface area (Å²) < 4.78 is 15.3. The summed E-state index contributed by atoms with van der Waals surface area (Å²) >= 11 is 0. The Kier molecular flexibility index (Phi) is 3.77. The van der Waals surface area contributed by atoms with E-state index in [1.807, 2.05) is 27.1 Å². The molecule has 2 aromatic rings.